The molecule has 0 aliphatic rings. The summed E-state index contributed by atoms with van der Waals surface area (Å²) in [6, 6.07) is -1.89. The molecule has 0 bridgehead atoms. The Bertz CT molecular complexity index is 773. The number of aliphatic carboxylic acids is 2. The number of carboxylic acids is 2. The van der Waals surface area contributed by atoms with Crippen LogP contribution in [0.25, 0.3) is 0 Å². The molecule has 0 aromatic heterocycles. The lowest BCUT2D eigenvalue weighted by atomic mass is 10.0. The van der Waals surface area contributed by atoms with Crippen molar-refractivity contribution >= 4 is 29.7 Å². The van der Waals surface area contributed by atoms with Crippen molar-refractivity contribution in [3.8, 4) is 0 Å². The molecule has 0 aliphatic carbocycles. The average Bonchev–Trinajstić information content (AvgIpc) is 2.93. The highest BCUT2D eigenvalue weighted by atomic mass is 16.4. The summed E-state index contributed by atoms with van der Waals surface area (Å²) in [5.74, 6) is -3.04. The summed E-state index contributed by atoms with van der Waals surface area (Å²) in [5, 5.41) is 25.3. The highest BCUT2D eigenvalue weighted by Crippen LogP contribution is 2.13. The van der Waals surface area contributed by atoms with Gasteiger partial charge in [0.1, 0.15) is 12.1 Å². The zero-order valence-corrected chi connectivity index (χ0v) is 25.0. The van der Waals surface area contributed by atoms with E-state index in [2.05, 4.69) is 16.0 Å². The average molecular weight is 588 g/mol. The topological polar surface area (TPSA) is 214 Å². The predicted octanol–water partition coefficient (Wildman–Crippen LogP) is 2.67. The molecule has 0 spiro atoms. The van der Waals surface area contributed by atoms with Crippen LogP contribution in [0.3, 0.4) is 0 Å². The Morgan fingerprint density at radius 3 is 1.54 bits per heavy atom. The first-order valence-corrected chi connectivity index (χ1v) is 15.3. The Morgan fingerprint density at radius 1 is 0.610 bits per heavy atom. The number of amides is 3. The molecule has 0 aromatic rings. The molecule has 240 valence electrons. The maximum atomic E-state index is 12.2. The first kappa shape index (κ1) is 38.3. The number of unbranched alkanes of at least 4 members (excludes halogenated alkanes) is 12. The van der Waals surface area contributed by atoms with Crippen molar-refractivity contribution in [3.63, 3.8) is 0 Å². The number of carboxylic acid groups (broad SMARTS) is 2. The summed E-state index contributed by atoms with van der Waals surface area (Å²) in [6.07, 6.45) is 15.3. The molecule has 0 fully saturated rings. The zero-order chi connectivity index (χ0) is 30.9. The van der Waals surface area contributed by atoms with E-state index in [1.807, 2.05) is 0 Å². The molecule has 12 nitrogen and oxygen atoms in total. The van der Waals surface area contributed by atoms with Crippen molar-refractivity contribution in [2.75, 3.05) is 19.6 Å². The summed E-state index contributed by atoms with van der Waals surface area (Å²) in [5.41, 5.74) is 11.6. The fourth-order valence-corrected chi connectivity index (χ4v) is 4.21. The number of nitrogens with one attached hydrogen (secondary N) is 3. The van der Waals surface area contributed by atoms with Crippen LogP contribution in [0.2, 0.25) is 0 Å². The Labute approximate surface area is 246 Å². The summed E-state index contributed by atoms with van der Waals surface area (Å²) in [7, 11) is 0. The number of rotatable bonds is 27. The molecule has 0 aromatic carbocycles. The molecule has 3 amide bonds. The van der Waals surface area contributed by atoms with E-state index in [1.54, 1.807) is 6.92 Å². The van der Waals surface area contributed by atoms with Crippen LogP contribution in [-0.2, 0) is 24.0 Å². The zero-order valence-electron chi connectivity index (χ0n) is 25.0. The summed E-state index contributed by atoms with van der Waals surface area (Å²) < 4.78 is 0. The Hall–Kier alpha value is -2.73. The van der Waals surface area contributed by atoms with E-state index in [-0.39, 0.29) is 26.8 Å². The van der Waals surface area contributed by atoms with Gasteiger partial charge in [-0.25, -0.2) is 0 Å². The third-order valence-corrected chi connectivity index (χ3v) is 7.02. The number of hydrogen-bond acceptors (Lipinski definition) is 7. The fraction of sp³-hybridized carbons (Fsp3) is 0.828. The van der Waals surface area contributed by atoms with Gasteiger partial charge in [0.2, 0.25) is 17.7 Å². The van der Waals surface area contributed by atoms with Gasteiger partial charge in [-0.2, -0.15) is 0 Å². The highest BCUT2D eigenvalue weighted by molar-refractivity contribution is 5.85. The molecule has 0 aliphatic heterocycles. The van der Waals surface area contributed by atoms with Crippen LogP contribution in [0.4, 0.5) is 0 Å². The van der Waals surface area contributed by atoms with Crippen molar-refractivity contribution in [1.29, 1.82) is 0 Å². The fourth-order valence-electron chi connectivity index (χ4n) is 4.21. The van der Waals surface area contributed by atoms with Gasteiger partial charge in [-0.3, -0.25) is 24.0 Å². The van der Waals surface area contributed by atoms with Crippen LogP contribution in [-0.4, -0.2) is 71.6 Å². The number of carbonyl (C=O) groups excluding carboxylic acids is 3. The Morgan fingerprint density at radius 2 is 1.05 bits per heavy atom. The van der Waals surface area contributed by atoms with Crippen molar-refractivity contribution in [3.05, 3.63) is 0 Å². The van der Waals surface area contributed by atoms with Crippen LogP contribution < -0.4 is 27.4 Å². The van der Waals surface area contributed by atoms with Crippen molar-refractivity contribution in [1.82, 2.24) is 16.0 Å². The minimum Gasteiger partial charge on any atom is -0.481 e. The van der Waals surface area contributed by atoms with Gasteiger partial charge in [0, 0.05) is 33.9 Å². The van der Waals surface area contributed by atoms with Crippen LogP contribution in [0, 0.1) is 5.92 Å². The lowest BCUT2D eigenvalue weighted by Crippen LogP contribution is -2.53. The first-order valence-electron chi connectivity index (χ1n) is 15.3. The molecule has 0 unspecified atom stereocenters. The molecule has 9 N–H and O–H groups in total. The van der Waals surface area contributed by atoms with E-state index in [4.69, 9.17) is 21.7 Å². The van der Waals surface area contributed by atoms with Crippen molar-refractivity contribution in [2.24, 2.45) is 17.4 Å². The Balaban J connectivity index is 0. The van der Waals surface area contributed by atoms with Gasteiger partial charge < -0.3 is 37.6 Å². The van der Waals surface area contributed by atoms with Crippen LogP contribution in [0.15, 0.2) is 0 Å². The molecule has 0 heterocycles. The third kappa shape index (κ3) is 23.7. The molecule has 41 heavy (non-hydrogen) atoms. The van der Waals surface area contributed by atoms with Crippen molar-refractivity contribution < 1.29 is 35.6 Å². The number of carbonyl (C=O) groups is 5. The SMILES string of the molecule is C[C@@H](CCCCNC(=O)[C@@H](N)CNC(=O)[C@@H](N)CNC(=O)CCCCCCCCCCCCCCC(=O)O)C(=O)O.[HH]. The minimum atomic E-state index is -0.949. The predicted molar refractivity (Wildman–Crippen MR) is 160 cm³/mol. The van der Waals surface area contributed by atoms with Crippen LogP contribution in [0.1, 0.15) is 118 Å². The molecule has 0 radical (unpaired) electrons. The minimum absolute atomic E-state index is 0. The van der Waals surface area contributed by atoms with Crippen LogP contribution >= 0.6 is 0 Å². The lowest BCUT2D eigenvalue weighted by molar-refractivity contribution is -0.141. The molecular weight excluding hydrogens is 530 g/mol. The lowest BCUT2D eigenvalue weighted by Gasteiger charge is -2.16. The second kappa shape index (κ2) is 25.0. The summed E-state index contributed by atoms with van der Waals surface area (Å²) in [4.78, 5) is 57.5. The maximum absolute atomic E-state index is 12.2. The normalized spacial score (nSPS) is 13.1. The summed E-state index contributed by atoms with van der Waals surface area (Å²) in [6.45, 7) is 1.93. The van der Waals surface area contributed by atoms with Crippen LogP contribution in [0.5, 0.6) is 0 Å². The number of nitrogens with two attached hydrogens (primary N) is 2. The molecule has 0 saturated carbocycles. The quantitative estimate of drug-likeness (QED) is 0.0702. The smallest absolute Gasteiger partial charge is 0.306 e. The van der Waals surface area contributed by atoms with Gasteiger partial charge in [0.25, 0.3) is 0 Å². The largest absolute Gasteiger partial charge is 0.481 e. The standard InChI is InChI=1S/C29H55N5O7.H2/c1-22(29(40)41)16-14-15-19-32-27(38)24(31)21-34-28(39)23(30)20-33-25(35)17-12-10-8-6-4-2-3-5-7-9-11-13-18-26(36)37;/h22-24H,2-21,30-31H2,1H3,(H,32,38)(H,33,35)(H,34,39)(H,36,37)(H,40,41);1H/t22-,23-,24-;/m0./s1. The molecule has 0 rings (SSSR count). The van der Waals surface area contributed by atoms with E-state index in [9.17, 15) is 24.0 Å². The monoisotopic (exact) mass is 587 g/mol. The van der Waals surface area contributed by atoms with E-state index in [0.29, 0.717) is 32.2 Å². The molecule has 0 saturated heterocycles. The van der Waals surface area contributed by atoms with E-state index in [1.165, 1.54) is 32.1 Å². The van der Waals surface area contributed by atoms with Crippen molar-refractivity contribution in [2.45, 2.75) is 128 Å². The summed E-state index contributed by atoms with van der Waals surface area (Å²) >= 11 is 0. The Kier molecular flexibility index (Phi) is 23.4. The molecule has 3 atom stereocenters. The van der Waals surface area contributed by atoms with Gasteiger partial charge in [0.05, 0.1) is 5.92 Å². The second-order valence-electron chi connectivity index (χ2n) is 10.9. The molecule has 12 heteroatoms. The second-order valence-corrected chi connectivity index (χ2v) is 10.9. The van der Waals surface area contributed by atoms with Gasteiger partial charge in [0.15, 0.2) is 0 Å². The van der Waals surface area contributed by atoms with Gasteiger partial charge in [-0.15, -0.1) is 0 Å². The van der Waals surface area contributed by atoms with Gasteiger partial charge in [-0.05, 0) is 25.7 Å². The van der Waals surface area contributed by atoms with Gasteiger partial charge in [-0.1, -0.05) is 77.6 Å². The first-order chi connectivity index (χ1) is 19.5. The molecular formula is C29H57N5O7. The number of hydrogen-bond donors (Lipinski definition) is 7. The van der Waals surface area contributed by atoms with E-state index >= 15 is 0 Å². The van der Waals surface area contributed by atoms with E-state index in [0.717, 1.165) is 44.9 Å². The maximum Gasteiger partial charge on any atom is 0.306 e. The van der Waals surface area contributed by atoms with E-state index < -0.39 is 41.8 Å². The third-order valence-electron chi connectivity index (χ3n) is 7.02. The van der Waals surface area contributed by atoms with Gasteiger partial charge >= 0.3 is 11.9 Å². The highest BCUT2D eigenvalue weighted by Gasteiger charge is 2.18.